The Morgan fingerprint density at radius 3 is 3.00 bits per heavy atom. The van der Waals surface area contributed by atoms with Crippen molar-refractivity contribution in [1.29, 1.82) is 0 Å². The highest BCUT2D eigenvalue weighted by Crippen LogP contribution is 2.20. The third-order valence-corrected chi connectivity index (χ3v) is 2.98. The molecule has 0 saturated carbocycles. The van der Waals surface area contributed by atoms with Crippen molar-refractivity contribution in [3.8, 4) is 0 Å². The maximum Gasteiger partial charge on any atom is 0.189 e. The average Bonchev–Trinajstić information content (AvgIpc) is 2.52. The van der Waals surface area contributed by atoms with Gasteiger partial charge in [-0.3, -0.25) is 4.79 Å². The Kier molecular flexibility index (Phi) is 4.62. The molecule has 0 saturated heterocycles. The fraction of sp³-hybridized carbons (Fsp3) is 0.444. The molecular weight excluding hydrogens is 252 g/mol. The standard InChI is InChI=1S/C9H11BrO2S/c1-2-3-12-5-8(11)7-4-9(10)13-6-7/h4,6H,2-3,5H2,1H3. The van der Waals surface area contributed by atoms with E-state index in [9.17, 15) is 4.79 Å². The number of thiophene rings is 1. The van der Waals surface area contributed by atoms with E-state index in [1.54, 1.807) is 0 Å². The van der Waals surface area contributed by atoms with E-state index in [1.165, 1.54) is 11.3 Å². The lowest BCUT2D eigenvalue weighted by Gasteiger charge is -1.98. The van der Waals surface area contributed by atoms with Gasteiger partial charge < -0.3 is 4.74 Å². The first-order valence-electron chi connectivity index (χ1n) is 4.09. The van der Waals surface area contributed by atoms with E-state index in [0.717, 1.165) is 15.8 Å². The van der Waals surface area contributed by atoms with E-state index in [1.807, 2.05) is 18.4 Å². The minimum absolute atomic E-state index is 0.0513. The molecule has 1 aromatic heterocycles. The Hall–Kier alpha value is -0.190. The molecule has 0 spiro atoms. The molecule has 0 amide bonds. The summed E-state index contributed by atoms with van der Waals surface area (Å²) in [5, 5.41) is 1.84. The molecule has 0 radical (unpaired) electrons. The molecular formula is C9H11BrO2S. The number of ketones is 1. The fourth-order valence-corrected chi connectivity index (χ4v) is 2.01. The lowest BCUT2D eigenvalue weighted by atomic mass is 10.2. The molecule has 1 aromatic rings. The van der Waals surface area contributed by atoms with Gasteiger partial charge >= 0.3 is 0 Å². The number of hydrogen-bond donors (Lipinski definition) is 0. The van der Waals surface area contributed by atoms with Gasteiger partial charge in [-0.2, -0.15) is 0 Å². The third kappa shape index (κ3) is 3.58. The number of Topliss-reactive ketones (excluding diaryl/α,β-unsaturated/α-hetero) is 1. The van der Waals surface area contributed by atoms with Crippen LogP contribution in [0.2, 0.25) is 0 Å². The lowest BCUT2D eigenvalue weighted by Crippen LogP contribution is -2.08. The average molecular weight is 263 g/mol. The van der Waals surface area contributed by atoms with Crippen LogP contribution in [-0.4, -0.2) is 19.0 Å². The minimum atomic E-state index is 0.0513. The van der Waals surface area contributed by atoms with E-state index < -0.39 is 0 Å². The van der Waals surface area contributed by atoms with Crippen LogP contribution < -0.4 is 0 Å². The fourth-order valence-electron chi connectivity index (χ4n) is 0.849. The Morgan fingerprint density at radius 2 is 2.46 bits per heavy atom. The first kappa shape index (κ1) is 10.9. The molecule has 1 rings (SSSR count). The first-order chi connectivity index (χ1) is 6.24. The van der Waals surface area contributed by atoms with Crippen LogP contribution in [0.5, 0.6) is 0 Å². The number of rotatable bonds is 5. The van der Waals surface area contributed by atoms with Gasteiger partial charge in [0.1, 0.15) is 6.61 Å². The molecule has 0 unspecified atom stereocenters. The Balaban J connectivity index is 2.40. The third-order valence-electron chi connectivity index (χ3n) is 1.47. The van der Waals surface area contributed by atoms with E-state index >= 15 is 0 Å². The van der Waals surface area contributed by atoms with Crippen molar-refractivity contribution in [2.45, 2.75) is 13.3 Å². The SMILES string of the molecule is CCCOCC(=O)c1csc(Br)c1. The van der Waals surface area contributed by atoms with Gasteiger partial charge in [0.2, 0.25) is 0 Å². The van der Waals surface area contributed by atoms with E-state index in [4.69, 9.17) is 4.74 Å². The summed E-state index contributed by atoms with van der Waals surface area (Å²) in [7, 11) is 0. The maximum atomic E-state index is 11.4. The quantitative estimate of drug-likeness (QED) is 0.602. The molecule has 0 aliphatic carbocycles. The van der Waals surface area contributed by atoms with Crippen LogP contribution in [-0.2, 0) is 4.74 Å². The zero-order valence-corrected chi connectivity index (χ0v) is 9.78. The van der Waals surface area contributed by atoms with Gasteiger partial charge in [0.25, 0.3) is 0 Å². The van der Waals surface area contributed by atoms with Crippen molar-refractivity contribution in [2.24, 2.45) is 0 Å². The molecule has 0 bridgehead atoms. The molecule has 4 heteroatoms. The van der Waals surface area contributed by atoms with Gasteiger partial charge in [0.05, 0.1) is 3.79 Å². The van der Waals surface area contributed by atoms with Crippen molar-refractivity contribution >= 4 is 33.0 Å². The summed E-state index contributed by atoms with van der Waals surface area (Å²) in [4.78, 5) is 11.4. The van der Waals surface area contributed by atoms with Gasteiger partial charge in [-0.15, -0.1) is 11.3 Å². The normalized spacial score (nSPS) is 10.3. The molecule has 13 heavy (non-hydrogen) atoms. The van der Waals surface area contributed by atoms with Gasteiger partial charge in [-0.25, -0.2) is 0 Å². The van der Waals surface area contributed by atoms with Crippen molar-refractivity contribution in [2.75, 3.05) is 13.2 Å². The van der Waals surface area contributed by atoms with E-state index in [-0.39, 0.29) is 12.4 Å². The lowest BCUT2D eigenvalue weighted by molar-refractivity contribution is 0.0762. The second-order valence-electron chi connectivity index (χ2n) is 2.62. The molecule has 0 N–H and O–H groups in total. The zero-order chi connectivity index (χ0) is 9.68. The maximum absolute atomic E-state index is 11.4. The van der Waals surface area contributed by atoms with Crippen molar-refractivity contribution in [1.82, 2.24) is 0 Å². The molecule has 0 atom stereocenters. The molecule has 0 fully saturated rings. The summed E-state index contributed by atoms with van der Waals surface area (Å²) >= 11 is 4.82. The summed E-state index contributed by atoms with van der Waals surface area (Å²) < 4.78 is 6.13. The summed E-state index contributed by atoms with van der Waals surface area (Å²) in [5.41, 5.74) is 0.730. The number of ether oxygens (including phenoxy) is 1. The topological polar surface area (TPSA) is 26.3 Å². The van der Waals surface area contributed by atoms with Crippen LogP contribution in [0.15, 0.2) is 15.2 Å². The van der Waals surface area contributed by atoms with Gasteiger partial charge in [0, 0.05) is 17.6 Å². The van der Waals surface area contributed by atoms with Crippen molar-refractivity contribution in [3.63, 3.8) is 0 Å². The smallest absolute Gasteiger partial charge is 0.189 e. The second kappa shape index (κ2) is 5.52. The predicted octanol–water partition coefficient (Wildman–Crippen LogP) is 3.12. The number of carbonyl (C=O) groups is 1. The predicted molar refractivity (Wildman–Crippen MR) is 57.5 cm³/mol. The van der Waals surface area contributed by atoms with Crippen LogP contribution >= 0.6 is 27.3 Å². The number of hydrogen-bond acceptors (Lipinski definition) is 3. The first-order valence-corrected chi connectivity index (χ1v) is 5.76. The number of carbonyl (C=O) groups excluding carboxylic acids is 1. The number of halogens is 1. The van der Waals surface area contributed by atoms with Crippen LogP contribution in [0.4, 0.5) is 0 Å². The van der Waals surface area contributed by atoms with Crippen molar-refractivity contribution < 1.29 is 9.53 Å². The largest absolute Gasteiger partial charge is 0.373 e. The highest BCUT2D eigenvalue weighted by atomic mass is 79.9. The van der Waals surface area contributed by atoms with Crippen molar-refractivity contribution in [3.05, 3.63) is 20.8 Å². The zero-order valence-electron chi connectivity index (χ0n) is 7.38. The highest BCUT2D eigenvalue weighted by Gasteiger charge is 2.07. The molecule has 0 aromatic carbocycles. The molecule has 1 heterocycles. The van der Waals surface area contributed by atoms with Crippen LogP contribution in [0.3, 0.4) is 0 Å². The molecule has 72 valence electrons. The van der Waals surface area contributed by atoms with Crippen LogP contribution in [0.1, 0.15) is 23.7 Å². The van der Waals surface area contributed by atoms with Crippen LogP contribution in [0.25, 0.3) is 0 Å². The summed E-state index contributed by atoms with van der Waals surface area (Å²) in [5.74, 6) is 0.0513. The van der Waals surface area contributed by atoms with E-state index in [0.29, 0.717) is 6.61 Å². The van der Waals surface area contributed by atoms with Crippen LogP contribution in [0, 0.1) is 0 Å². The van der Waals surface area contributed by atoms with E-state index in [2.05, 4.69) is 15.9 Å². The molecule has 0 aliphatic rings. The summed E-state index contributed by atoms with van der Waals surface area (Å²) in [6.45, 7) is 2.86. The van der Waals surface area contributed by atoms with Gasteiger partial charge in [-0.05, 0) is 28.4 Å². The Bertz CT molecular complexity index is 283. The van der Waals surface area contributed by atoms with Gasteiger partial charge in [-0.1, -0.05) is 6.92 Å². The highest BCUT2D eigenvalue weighted by molar-refractivity contribution is 9.11. The monoisotopic (exact) mass is 262 g/mol. The molecule has 2 nitrogen and oxygen atoms in total. The summed E-state index contributed by atoms with van der Waals surface area (Å²) in [6, 6.07) is 1.82. The summed E-state index contributed by atoms with van der Waals surface area (Å²) in [6.07, 6.45) is 0.945. The Morgan fingerprint density at radius 1 is 1.69 bits per heavy atom. The Labute approximate surface area is 90.0 Å². The second-order valence-corrected chi connectivity index (χ2v) is 4.91. The minimum Gasteiger partial charge on any atom is -0.373 e. The molecule has 0 aliphatic heterocycles. The van der Waals surface area contributed by atoms with Gasteiger partial charge in [0.15, 0.2) is 5.78 Å².